The van der Waals surface area contributed by atoms with Crippen LogP contribution in [0.4, 0.5) is 0 Å². The summed E-state index contributed by atoms with van der Waals surface area (Å²) in [4.78, 5) is 0. The Morgan fingerprint density at radius 2 is 2.06 bits per heavy atom. The standard InChI is InChI=1S/C14H22BrNO/c1-11(2)17-9-5-8-16-12(3)13-6-4-7-14(15)10-13/h4,6-7,10-12,16H,5,8-9H2,1-3H3. The quantitative estimate of drug-likeness (QED) is 0.771. The number of ether oxygens (including phenoxy) is 1. The van der Waals surface area contributed by atoms with Crippen molar-refractivity contribution in [2.75, 3.05) is 13.2 Å². The molecular weight excluding hydrogens is 278 g/mol. The predicted molar refractivity (Wildman–Crippen MR) is 76.3 cm³/mol. The second kappa shape index (κ2) is 7.85. The van der Waals surface area contributed by atoms with Gasteiger partial charge >= 0.3 is 0 Å². The van der Waals surface area contributed by atoms with E-state index < -0.39 is 0 Å². The molecule has 17 heavy (non-hydrogen) atoms. The zero-order chi connectivity index (χ0) is 12.7. The van der Waals surface area contributed by atoms with Crippen LogP contribution in [0.2, 0.25) is 0 Å². The van der Waals surface area contributed by atoms with Gasteiger partial charge < -0.3 is 10.1 Å². The summed E-state index contributed by atoms with van der Waals surface area (Å²) >= 11 is 3.49. The molecule has 0 spiro atoms. The zero-order valence-electron chi connectivity index (χ0n) is 10.9. The SMILES string of the molecule is CC(C)OCCCNC(C)c1cccc(Br)c1. The highest BCUT2D eigenvalue weighted by atomic mass is 79.9. The zero-order valence-corrected chi connectivity index (χ0v) is 12.5. The van der Waals surface area contributed by atoms with E-state index in [2.05, 4.69) is 60.2 Å². The van der Waals surface area contributed by atoms with Gasteiger partial charge in [-0.3, -0.25) is 0 Å². The molecule has 1 rings (SSSR count). The molecule has 0 heterocycles. The Morgan fingerprint density at radius 1 is 1.29 bits per heavy atom. The Morgan fingerprint density at radius 3 is 2.71 bits per heavy atom. The molecule has 0 bridgehead atoms. The van der Waals surface area contributed by atoms with Gasteiger partial charge in [-0.15, -0.1) is 0 Å². The fourth-order valence-electron chi connectivity index (χ4n) is 1.60. The van der Waals surface area contributed by atoms with Crippen molar-refractivity contribution in [2.45, 2.75) is 39.3 Å². The largest absolute Gasteiger partial charge is 0.379 e. The van der Waals surface area contributed by atoms with Gasteiger partial charge in [0.2, 0.25) is 0 Å². The minimum Gasteiger partial charge on any atom is -0.379 e. The number of hydrogen-bond acceptors (Lipinski definition) is 2. The van der Waals surface area contributed by atoms with Crippen molar-refractivity contribution in [3.63, 3.8) is 0 Å². The molecule has 0 aliphatic heterocycles. The summed E-state index contributed by atoms with van der Waals surface area (Å²) in [5.41, 5.74) is 1.31. The molecule has 1 N–H and O–H groups in total. The van der Waals surface area contributed by atoms with Crippen LogP contribution in [0.25, 0.3) is 0 Å². The normalized spacial score (nSPS) is 13.0. The number of rotatable bonds is 7. The molecule has 3 heteroatoms. The average molecular weight is 300 g/mol. The third-order valence-corrected chi connectivity index (χ3v) is 3.06. The minimum absolute atomic E-state index is 0.331. The molecule has 0 aliphatic rings. The smallest absolute Gasteiger partial charge is 0.0518 e. The lowest BCUT2D eigenvalue weighted by atomic mass is 10.1. The maximum absolute atomic E-state index is 5.50. The van der Waals surface area contributed by atoms with Crippen LogP contribution in [0.15, 0.2) is 28.7 Å². The van der Waals surface area contributed by atoms with Crippen molar-refractivity contribution >= 4 is 15.9 Å². The van der Waals surface area contributed by atoms with E-state index in [1.807, 2.05) is 6.07 Å². The first kappa shape index (κ1) is 14.7. The van der Waals surface area contributed by atoms with E-state index in [9.17, 15) is 0 Å². The number of hydrogen-bond donors (Lipinski definition) is 1. The van der Waals surface area contributed by atoms with Gasteiger partial charge in [0.25, 0.3) is 0 Å². The first-order valence-corrected chi connectivity index (χ1v) is 6.99. The second-order valence-corrected chi connectivity index (χ2v) is 5.42. The summed E-state index contributed by atoms with van der Waals surface area (Å²) in [6.07, 6.45) is 1.38. The summed E-state index contributed by atoms with van der Waals surface area (Å²) in [6.45, 7) is 8.14. The predicted octanol–water partition coefficient (Wildman–Crippen LogP) is 3.91. The minimum atomic E-state index is 0.331. The molecule has 0 aliphatic carbocycles. The Kier molecular flexibility index (Phi) is 6.78. The van der Waals surface area contributed by atoms with Crippen LogP contribution in [0, 0.1) is 0 Å². The van der Waals surface area contributed by atoms with E-state index >= 15 is 0 Å². The lowest BCUT2D eigenvalue weighted by Crippen LogP contribution is -2.21. The monoisotopic (exact) mass is 299 g/mol. The van der Waals surface area contributed by atoms with Crippen LogP contribution in [-0.4, -0.2) is 19.3 Å². The molecule has 0 saturated heterocycles. The number of benzene rings is 1. The van der Waals surface area contributed by atoms with E-state index in [1.54, 1.807) is 0 Å². The van der Waals surface area contributed by atoms with E-state index in [-0.39, 0.29) is 0 Å². The maximum Gasteiger partial charge on any atom is 0.0518 e. The Bertz CT molecular complexity index is 328. The summed E-state index contributed by atoms with van der Waals surface area (Å²) in [6, 6.07) is 8.80. The van der Waals surface area contributed by atoms with E-state index in [4.69, 9.17) is 4.74 Å². The molecule has 1 atom stereocenters. The van der Waals surface area contributed by atoms with Crippen LogP contribution >= 0.6 is 15.9 Å². The van der Waals surface area contributed by atoms with Gasteiger partial charge in [-0.05, 0) is 51.4 Å². The Labute approximate surface area is 113 Å². The molecule has 0 radical (unpaired) electrons. The average Bonchev–Trinajstić information content (AvgIpc) is 2.28. The highest BCUT2D eigenvalue weighted by molar-refractivity contribution is 9.10. The summed E-state index contributed by atoms with van der Waals surface area (Å²) in [7, 11) is 0. The molecule has 1 aromatic rings. The first-order chi connectivity index (χ1) is 8.09. The van der Waals surface area contributed by atoms with Gasteiger partial charge in [0.1, 0.15) is 0 Å². The Hall–Kier alpha value is -0.380. The van der Waals surface area contributed by atoms with Crippen molar-refractivity contribution in [2.24, 2.45) is 0 Å². The van der Waals surface area contributed by atoms with Gasteiger partial charge in [0.05, 0.1) is 6.10 Å². The topological polar surface area (TPSA) is 21.3 Å². The first-order valence-electron chi connectivity index (χ1n) is 6.20. The molecule has 0 amide bonds. The Balaban J connectivity index is 2.23. The number of nitrogens with one attached hydrogen (secondary N) is 1. The molecule has 1 aromatic carbocycles. The molecule has 0 saturated carbocycles. The van der Waals surface area contributed by atoms with Crippen LogP contribution < -0.4 is 5.32 Å². The third-order valence-electron chi connectivity index (χ3n) is 2.57. The van der Waals surface area contributed by atoms with E-state index in [1.165, 1.54) is 5.56 Å². The fraction of sp³-hybridized carbons (Fsp3) is 0.571. The molecule has 96 valence electrons. The fourth-order valence-corrected chi connectivity index (χ4v) is 2.02. The number of halogens is 1. The van der Waals surface area contributed by atoms with Gasteiger partial charge in [-0.25, -0.2) is 0 Å². The van der Waals surface area contributed by atoms with Crippen LogP contribution in [0.5, 0.6) is 0 Å². The molecule has 2 nitrogen and oxygen atoms in total. The van der Waals surface area contributed by atoms with Crippen LogP contribution in [0.1, 0.15) is 38.8 Å². The molecular formula is C14H22BrNO. The van der Waals surface area contributed by atoms with Crippen molar-refractivity contribution in [3.8, 4) is 0 Å². The van der Waals surface area contributed by atoms with E-state index in [0.717, 1.165) is 24.0 Å². The van der Waals surface area contributed by atoms with Gasteiger partial charge in [0.15, 0.2) is 0 Å². The lowest BCUT2D eigenvalue weighted by Gasteiger charge is -2.15. The van der Waals surface area contributed by atoms with Gasteiger partial charge in [-0.2, -0.15) is 0 Å². The molecule has 0 aromatic heterocycles. The summed E-state index contributed by atoms with van der Waals surface area (Å²) in [5.74, 6) is 0. The highest BCUT2D eigenvalue weighted by Crippen LogP contribution is 2.17. The third kappa shape index (κ3) is 6.20. The summed E-state index contributed by atoms with van der Waals surface area (Å²) < 4.78 is 6.63. The molecule has 0 fully saturated rings. The van der Waals surface area contributed by atoms with E-state index in [0.29, 0.717) is 12.1 Å². The maximum atomic E-state index is 5.50. The van der Waals surface area contributed by atoms with Crippen molar-refractivity contribution in [1.29, 1.82) is 0 Å². The van der Waals surface area contributed by atoms with Crippen molar-refractivity contribution in [3.05, 3.63) is 34.3 Å². The van der Waals surface area contributed by atoms with Gasteiger partial charge in [0, 0.05) is 17.1 Å². The lowest BCUT2D eigenvalue weighted by molar-refractivity contribution is 0.0768. The second-order valence-electron chi connectivity index (χ2n) is 4.50. The van der Waals surface area contributed by atoms with Gasteiger partial charge in [-0.1, -0.05) is 28.1 Å². The van der Waals surface area contributed by atoms with Crippen LogP contribution in [-0.2, 0) is 4.74 Å². The van der Waals surface area contributed by atoms with Crippen molar-refractivity contribution in [1.82, 2.24) is 5.32 Å². The highest BCUT2D eigenvalue weighted by Gasteiger charge is 2.04. The molecule has 1 unspecified atom stereocenters. The van der Waals surface area contributed by atoms with Crippen LogP contribution in [0.3, 0.4) is 0 Å². The summed E-state index contributed by atoms with van der Waals surface area (Å²) in [5, 5.41) is 3.50. The van der Waals surface area contributed by atoms with Crippen molar-refractivity contribution < 1.29 is 4.74 Å².